The van der Waals surface area contributed by atoms with Crippen molar-refractivity contribution in [1.29, 1.82) is 0 Å². The van der Waals surface area contributed by atoms with Crippen molar-refractivity contribution in [3.05, 3.63) is 35.0 Å². The van der Waals surface area contributed by atoms with E-state index in [0.717, 1.165) is 73.7 Å². The number of carbonyl (C=O) groups excluding carboxylic acids is 1. The molecule has 1 aromatic carbocycles. The monoisotopic (exact) mass is 520 g/mol. The van der Waals surface area contributed by atoms with E-state index in [-0.39, 0.29) is 17.8 Å². The van der Waals surface area contributed by atoms with Gasteiger partial charge in [-0.05, 0) is 43.4 Å². The van der Waals surface area contributed by atoms with Crippen LogP contribution < -0.4 is 4.90 Å². The van der Waals surface area contributed by atoms with E-state index < -0.39 is 10.6 Å². The summed E-state index contributed by atoms with van der Waals surface area (Å²) in [5, 5.41) is 1.16. The molecule has 5 rings (SSSR count). The van der Waals surface area contributed by atoms with Crippen molar-refractivity contribution in [1.82, 2.24) is 4.98 Å². The molecule has 2 saturated heterocycles. The third-order valence-electron chi connectivity index (χ3n) is 7.73. The summed E-state index contributed by atoms with van der Waals surface area (Å²) in [6.07, 6.45) is 5.96. The van der Waals surface area contributed by atoms with Crippen LogP contribution in [0.25, 0.3) is 10.4 Å². The van der Waals surface area contributed by atoms with Gasteiger partial charge in [0.05, 0.1) is 40.1 Å². The summed E-state index contributed by atoms with van der Waals surface area (Å²) in [4.78, 5) is 21.3. The smallest absolute Gasteiger partial charge is 0.309 e. The fourth-order valence-corrected chi connectivity index (χ4v) is 8.17. The highest BCUT2D eigenvalue weighted by Crippen LogP contribution is 2.47. The molecule has 0 radical (unpaired) electrons. The van der Waals surface area contributed by atoms with E-state index in [1.54, 1.807) is 11.3 Å². The Kier molecular flexibility index (Phi) is 7.69. The lowest BCUT2D eigenvalue weighted by molar-refractivity contribution is -0.147. The molecule has 0 bridgehead atoms. The predicted molar refractivity (Wildman–Crippen MR) is 142 cm³/mol. The first-order chi connectivity index (χ1) is 16.9. The molecule has 1 saturated carbocycles. The fraction of sp³-hybridized carbons (Fsp3) is 0.615. The topological polar surface area (TPSA) is 92.1 Å². The van der Waals surface area contributed by atoms with Crippen LogP contribution in [0.3, 0.4) is 0 Å². The third-order valence-corrected chi connectivity index (χ3v) is 10.7. The largest absolute Gasteiger partial charge is 0.469 e. The number of nitrogens with zero attached hydrogens (tertiary/aromatic N) is 2. The number of ether oxygens (including phenoxy) is 2. The Balaban J connectivity index is 1.46. The van der Waals surface area contributed by atoms with E-state index in [0.29, 0.717) is 30.5 Å². The molecule has 0 spiro atoms. The predicted octanol–water partition coefficient (Wildman–Crippen LogP) is 5.72. The Morgan fingerprint density at radius 3 is 2.46 bits per heavy atom. The van der Waals surface area contributed by atoms with Crippen LogP contribution in [0.2, 0.25) is 0 Å². The number of anilines is 1. The zero-order chi connectivity index (χ0) is 24.4. The van der Waals surface area contributed by atoms with Gasteiger partial charge >= 0.3 is 5.97 Å². The normalized spacial score (nSPS) is 26.3. The Labute approximate surface area is 213 Å². The molecule has 192 valence electrons. The number of carbonyl (C=O) groups is 1. The van der Waals surface area contributed by atoms with E-state index >= 15 is 0 Å². The molecular formula is C26H36N2O5S2. The van der Waals surface area contributed by atoms with Crippen LogP contribution in [-0.2, 0) is 14.3 Å². The Morgan fingerprint density at radius 1 is 1.09 bits per heavy atom. The first-order valence-electron chi connectivity index (χ1n) is 12.7. The number of rotatable bonds is 5. The van der Waals surface area contributed by atoms with Crippen LogP contribution in [0.4, 0.5) is 5.69 Å². The van der Waals surface area contributed by atoms with E-state index in [9.17, 15) is 13.9 Å². The molecule has 35 heavy (non-hydrogen) atoms. The molecule has 9 heteroatoms. The standard InChI is InChI=1S/C26H36N2O5S2/c1-32-26(29)22-5-3-2-4-21(22)23-24(34-25(27-23)19-10-14-33-15-11-19)18-6-8-20(9-7-18)28-12-16-35(30,31)17-13-28/h6-9,19,21-22,30-31H,2-5,10-17H2,1H3. The maximum atomic E-state index is 12.7. The molecule has 1 aromatic heterocycles. The van der Waals surface area contributed by atoms with Gasteiger partial charge in [-0.25, -0.2) is 4.98 Å². The van der Waals surface area contributed by atoms with Crippen LogP contribution in [0.1, 0.15) is 61.1 Å². The van der Waals surface area contributed by atoms with E-state index in [1.807, 2.05) is 0 Å². The fourth-order valence-electron chi connectivity index (χ4n) is 5.63. The summed E-state index contributed by atoms with van der Waals surface area (Å²) >= 11 is 1.78. The second kappa shape index (κ2) is 10.8. The lowest BCUT2D eigenvalue weighted by Crippen LogP contribution is -2.38. The van der Waals surface area contributed by atoms with Crippen LogP contribution in [0.15, 0.2) is 24.3 Å². The number of hydrogen-bond donors (Lipinski definition) is 2. The van der Waals surface area contributed by atoms with Crippen molar-refractivity contribution in [3.8, 4) is 10.4 Å². The zero-order valence-electron chi connectivity index (χ0n) is 20.4. The highest BCUT2D eigenvalue weighted by Gasteiger charge is 2.37. The van der Waals surface area contributed by atoms with Gasteiger partial charge in [0, 0.05) is 43.8 Å². The second-order valence-corrected chi connectivity index (χ2v) is 13.4. The molecule has 1 aliphatic carbocycles. The molecule has 7 nitrogen and oxygen atoms in total. The summed E-state index contributed by atoms with van der Waals surface area (Å²) in [5.74, 6) is 1.10. The molecule has 0 amide bonds. The second-order valence-electron chi connectivity index (χ2n) is 9.92. The van der Waals surface area contributed by atoms with Gasteiger partial charge in [-0.2, -0.15) is 10.6 Å². The van der Waals surface area contributed by atoms with Crippen molar-refractivity contribution < 1.29 is 23.4 Å². The average Bonchev–Trinajstić information content (AvgIpc) is 3.34. The Bertz CT molecular complexity index is 1010. The van der Waals surface area contributed by atoms with Crippen molar-refractivity contribution in [2.24, 2.45) is 5.92 Å². The molecule has 2 unspecified atom stereocenters. The Hall–Kier alpha value is -1.65. The number of aromatic nitrogens is 1. The number of methoxy groups -OCH3 is 1. The summed E-state index contributed by atoms with van der Waals surface area (Å²) in [7, 11) is -0.922. The SMILES string of the molecule is COC(=O)C1CCCCC1c1nc(C2CCOCC2)sc1-c1ccc(N2CCS(O)(O)CC2)cc1. The van der Waals surface area contributed by atoms with Crippen molar-refractivity contribution in [2.75, 3.05) is 49.8 Å². The number of thiazole rings is 1. The van der Waals surface area contributed by atoms with Gasteiger partial charge in [0.2, 0.25) is 0 Å². The summed E-state index contributed by atoms with van der Waals surface area (Å²) in [6, 6.07) is 8.57. The minimum atomic E-state index is -2.41. The van der Waals surface area contributed by atoms with Gasteiger partial charge in [0.1, 0.15) is 0 Å². The first-order valence-corrected chi connectivity index (χ1v) is 15.4. The number of esters is 1. The lowest BCUT2D eigenvalue weighted by atomic mass is 9.76. The van der Waals surface area contributed by atoms with E-state index in [2.05, 4.69) is 29.2 Å². The van der Waals surface area contributed by atoms with Crippen LogP contribution >= 0.6 is 21.9 Å². The first kappa shape index (κ1) is 25.0. The minimum Gasteiger partial charge on any atom is -0.469 e. The van der Waals surface area contributed by atoms with E-state index in [4.69, 9.17) is 14.5 Å². The molecule has 2 aliphatic heterocycles. The summed E-state index contributed by atoms with van der Waals surface area (Å²) in [5.41, 5.74) is 3.30. The van der Waals surface area contributed by atoms with E-state index in [1.165, 1.54) is 12.0 Å². The van der Waals surface area contributed by atoms with Gasteiger partial charge in [-0.1, -0.05) is 25.0 Å². The highest BCUT2D eigenvalue weighted by atomic mass is 32.3. The van der Waals surface area contributed by atoms with Gasteiger partial charge in [-0.3, -0.25) is 13.9 Å². The van der Waals surface area contributed by atoms with Gasteiger partial charge in [0.25, 0.3) is 0 Å². The van der Waals surface area contributed by atoms with Gasteiger partial charge < -0.3 is 14.4 Å². The lowest BCUT2D eigenvalue weighted by Gasteiger charge is -2.41. The van der Waals surface area contributed by atoms with Crippen molar-refractivity contribution in [3.63, 3.8) is 0 Å². The average molecular weight is 521 g/mol. The van der Waals surface area contributed by atoms with Crippen LogP contribution in [0, 0.1) is 5.92 Å². The number of hydrogen-bond acceptors (Lipinski definition) is 8. The molecule has 3 aliphatic rings. The van der Waals surface area contributed by atoms with Gasteiger partial charge in [0.15, 0.2) is 0 Å². The van der Waals surface area contributed by atoms with Crippen LogP contribution in [0.5, 0.6) is 0 Å². The quantitative estimate of drug-likeness (QED) is 0.487. The summed E-state index contributed by atoms with van der Waals surface area (Å²) in [6.45, 7) is 2.87. The highest BCUT2D eigenvalue weighted by molar-refractivity contribution is 8.24. The minimum absolute atomic E-state index is 0.0861. The van der Waals surface area contributed by atoms with Crippen molar-refractivity contribution in [2.45, 2.75) is 50.4 Å². The molecule has 2 aromatic rings. The molecule has 3 fully saturated rings. The molecular weight excluding hydrogens is 484 g/mol. The molecule has 2 N–H and O–H groups in total. The zero-order valence-corrected chi connectivity index (χ0v) is 22.0. The van der Waals surface area contributed by atoms with Gasteiger partial charge in [-0.15, -0.1) is 11.3 Å². The Morgan fingerprint density at radius 2 is 1.77 bits per heavy atom. The van der Waals surface area contributed by atoms with Crippen LogP contribution in [-0.4, -0.2) is 65.0 Å². The third kappa shape index (κ3) is 5.54. The summed E-state index contributed by atoms with van der Waals surface area (Å²) < 4.78 is 30.7. The maximum absolute atomic E-state index is 12.7. The maximum Gasteiger partial charge on any atom is 0.309 e. The van der Waals surface area contributed by atoms with Crippen molar-refractivity contribution >= 4 is 33.6 Å². The molecule has 3 heterocycles. The molecule has 2 atom stereocenters. The number of benzene rings is 1.